The second-order valence-corrected chi connectivity index (χ2v) is 6.60. The summed E-state index contributed by atoms with van der Waals surface area (Å²) in [4.78, 5) is 33.4. The van der Waals surface area contributed by atoms with Crippen LogP contribution in [0.5, 0.6) is 0 Å². The third-order valence-corrected chi connectivity index (χ3v) is 4.75. The fraction of sp³-hybridized carbons (Fsp3) is 0.235. The Bertz CT molecular complexity index is 949. The quantitative estimate of drug-likeness (QED) is 0.752. The van der Waals surface area contributed by atoms with Crippen molar-refractivity contribution in [2.24, 2.45) is 0 Å². The van der Waals surface area contributed by atoms with Crippen molar-refractivity contribution < 1.29 is 4.79 Å². The molecule has 0 saturated carbocycles. The largest absolute Gasteiger partial charge is 0.350 e. The zero-order valence-electron chi connectivity index (χ0n) is 13.9. The molecular formula is C17H17N5O2S. The Kier molecular flexibility index (Phi) is 4.99. The van der Waals surface area contributed by atoms with Gasteiger partial charge in [0.25, 0.3) is 5.56 Å². The van der Waals surface area contributed by atoms with E-state index in [2.05, 4.69) is 20.4 Å². The normalized spacial score (nSPS) is 10.6. The molecule has 0 fully saturated rings. The molecule has 0 aliphatic carbocycles. The standard InChI is InChI=1S/C17H17N5O2S/c1-11-5-6-16(24)22(21-11)10-15(23)19-9-14-12(2)20-17(25-14)13-4-3-7-18-8-13/h3-8H,9-10H2,1-2H3,(H,19,23). The summed E-state index contributed by atoms with van der Waals surface area (Å²) in [5, 5.41) is 7.74. The number of nitrogens with zero attached hydrogens (tertiary/aromatic N) is 4. The first-order chi connectivity index (χ1) is 12.0. The molecule has 0 aliphatic heterocycles. The Morgan fingerprint density at radius 2 is 2.12 bits per heavy atom. The van der Waals surface area contributed by atoms with Gasteiger partial charge in [-0.15, -0.1) is 11.3 Å². The summed E-state index contributed by atoms with van der Waals surface area (Å²) < 4.78 is 1.16. The number of carbonyl (C=O) groups excluding carboxylic acids is 1. The third kappa shape index (κ3) is 4.16. The van der Waals surface area contributed by atoms with Gasteiger partial charge in [0.15, 0.2) is 0 Å². The van der Waals surface area contributed by atoms with E-state index in [0.29, 0.717) is 12.2 Å². The molecule has 128 valence electrons. The highest BCUT2D eigenvalue weighted by atomic mass is 32.1. The van der Waals surface area contributed by atoms with Gasteiger partial charge in [0, 0.05) is 28.9 Å². The molecular weight excluding hydrogens is 338 g/mol. The molecule has 1 N–H and O–H groups in total. The van der Waals surface area contributed by atoms with E-state index in [1.165, 1.54) is 17.4 Å². The lowest BCUT2D eigenvalue weighted by Gasteiger charge is -2.06. The topological polar surface area (TPSA) is 89.8 Å². The van der Waals surface area contributed by atoms with Gasteiger partial charge in [-0.2, -0.15) is 5.10 Å². The monoisotopic (exact) mass is 355 g/mol. The highest BCUT2D eigenvalue weighted by Gasteiger charge is 2.11. The maximum absolute atomic E-state index is 12.1. The van der Waals surface area contributed by atoms with E-state index in [0.717, 1.165) is 25.8 Å². The zero-order chi connectivity index (χ0) is 17.8. The minimum Gasteiger partial charge on any atom is -0.350 e. The molecule has 8 heteroatoms. The lowest BCUT2D eigenvalue weighted by atomic mass is 10.3. The molecule has 1 amide bonds. The van der Waals surface area contributed by atoms with Crippen LogP contribution >= 0.6 is 11.3 Å². The summed E-state index contributed by atoms with van der Waals surface area (Å²) in [6.07, 6.45) is 3.48. The zero-order valence-corrected chi connectivity index (χ0v) is 14.7. The van der Waals surface area contributed by atoms with Crippen LogP contribution in [0, 0.1) is 13.8 Å². The molecule has 0 bridgehead atoms. The maximum Gasteiger partial charge on any atom is 0.267 e. The fourth-order valence-corrected chi connectivity index (χ4v) is 3.23. The molecule has 0 atom stereocenters. The number of nitrogens with one attached hydrogen (secondary N) is 1. The predicted molar refractivity (Wildman–Crippen MR) is 95.2 cm³/mol. The number of aryl methyl sites for hydroxylation is 2. The Morgan fingerprint density at radius 3 is 2.88 bits per heavy atom. The number of pyridine rings is 1. The van der Waals surface area contributed by atoms with E-state index in [1.807, 2.05) is 19.1 Å². The van der Waals surface area contributed by atoms with E-state index >= 15 is 0 Å². The number of aromatic nitrogens is 4. The summed E-state index contributed by atoms with van der Waals surface area (Å²) in [6.45, 7) is 3.94. The Morgan fingerprint density at radius 1 is 1.28 bits per heavy atom. The first-order valence-corrected chi connectivity index (χ1v) is 8.53. The SMILES string of the molecule is Cc1ccc(=O)n(CC(=O)NCc2sc(-c3cccnc3)nc2C)n1. The molecule has 3 heterocycles. The molecule has 0 spiro atoms. The van der Waals surface area contributed by atoms with Gasteiger partial charge in [-0.3, -0.25) is 14.6 Å². The average molecular weight is 355 g/mol. The lowest BCUT2D eigenvalue weighted by molar-refractivity contribution is -0.122. The van der Waals surface area contributed by atoms with Crippen LogP contribution in [0.25, 0.3) is 10.6 Å². The second kappa shape index (κ2) is 7.35. The molecule has 3 rings (SSSR count). The van der Waals surface area contributed by atoms with Crippen molar-refractivity contribution in [1.29, 1.82) is 0 Å². The number of hydrogen-bond acceptors (Lipinski definition) is 6. The minimum atomic E-state index is -0.298. The molecule has 7 nitrogen and oxygen atoms in total. The van der Waals surface area contributed by atoms with Crippen molar-refractivity contribution in [3.05, 3.63) is 63.3 Å². The Balaban J connectivity index is 1.65. The number of rotatable bonds is 5. The molecule has 0 radical (unpaired) electrons. The summed E-state index contributed by atoms with van der Waals surface area (Å²) in [6, 6.07) is 6.84. The molecule has 25 heavy (non-hydrogen) atoms. The van der Waals surface area contributed by atoms with Crippen LogP contribution < -0.4 is 10.9 Å². The lowest BCUT2D eigenvalue weighted by Crippen LogP contribution is -2.33. The van der Waals surface area contributed by atoms with Crippen LogP contribution in [0.15, 0.2) is 41.5 Å². The van der Waals surface area contributed by atoms with E-state index in [-0.39, 0.29) is 18.0 Å². The molecule has 0 aromatic carbocycles. The summed E-state index contributed by atoms with van der Waals surface area (Å²) >= 11 is 1.52. The van der Waals surface area contributed by atoms with E-state index in [9.17, 15) is 9.59 Å². The van der Waals surface area contributed by atoms with Crippen LogP contribution in [0.1, 0.15) is 16.3 Å². The molecule has 3 aromatic rings. The number of amides is 1. The van der Waals surface area contributed by atoms with E-state index in [1.54, 1.807) is 25.4 Å². The highest BCUT2D eigenvalue weighted by Crippen LogP contribution is 2.27. The summed E-state index contributed by atoms with van der Waals surface area (Å²) in [7, 11) is 0. The molecule has 3 aromatic heterocycles. The second-order valence-electron chi connectivity index (χ2n) is 5.52. The number of thiazole rings is 1. The van der Waals surface area contributed by atoms with Crippen LogP contribution in [0.2, 0.25) is 0 Å². The van der Waals surface area contributed by atoms with Gasteiger partial charge in [-0.05, 0) is 32.0 Å². The number of carbonyl (C=O) groups is 1. The first kappa shape index (κ1) is 17.0. The van der Waals surface area contributed by atoms with E-state index < -0.39 is 0 Å². The predicted octanol–water partition coefficient (Wildman–Crippen LogP) is 1.70. The van der Waals surface area contributed by atoms with E-state index in [4.69, 9.17) is 0 Å². The van der Waals surface area contributed by atoms with Crippen LogP contribution in [-0.4, -0.2) is 25.7 Å². The van der Waals surface area contributed by atoms with Crippen molar-refractivity contribution in [3.63, 3.8) is 0 Å². The van der Waals surface area contributed by atoms with Crippen molar-refractivity contribution in [2.45, 2.75) is 26.9 Å². The third-order valence-electron chi connectivity index (χ3n) is 3.54. The first-order valence-electron chi connectivity index (χ1n) is 7.71. The van der Waals surface area contributed by atoms with Gasteiger partial charge in [0.2, 0.25) is 5.91 Å². The Labute approximate surface area is 148 Å². The maximum atomic E-state index is 12.1. The van der Waals surface area contributed by atoms with Crippen LogP contribution in [0.4, 0.5) is 0 Å². The van der Waals surface area contributed by atoms with Gasteiger partial charge < -0.3 is 5.32 Å². The fourth-order valence-electron chi connectivity index (χ4n) is 2.24. The van der Waals surface area contributed by atoms with Gasteiger partial charge in [-0.1, -0.05) is 0 Å². The van der Waals surface area contributed by atoms with Crippen LogP contribution in [-0.2, 0) is 17.9 Å². The Hall–Kier alpha value is -2.87. The summed E-state index contributed by atoms with van der Waals surface area (Å²) in [5.74, 6) is -0.268. The molecule has 0 unspecified atom stereocenters. The van der Waals surface area contributed by atoms with Crippen molar-refractivity contribution >= 4 is 17.2 Å². The number of hydrogen-bond donors (Lipinski definition) is 1. The van der Waals surface area contributed by atoms with Gasteiger partial charge in [0.1, 0.15) is 11.6 Å². The average Bonchev–Trinajstić information content (AvgIpc) is 2.98. The van der Waals surface area contributed by atoms with Crippen molar-refractivity contribution in [3.8, 4) is 10.6 Å². The van der Waals surface area contributed by atoms with Gasteiger partial charge >= 0.3 is 0 Å². The smallest absolute Gasteiger partial charge is 0.267 e. The van der Waals surface area contributed by atoms with Crippen LogP contribution in [0.3, 0.4) is 0 Å². The van der Waals surface area contributed by atoms with Crippen molar-refractivity contribution in [1.82, 2.24) is 25.1 Å². The minimum absolute atomic E-state index is 0.103. The van der Waals surface area contributed by atoms with Crippen molar-refractivity contribution in [2.75, 3.05) is 0 Å². The van der Waals surface area contributed by atoms with Gasteiger partial charge in [-0.25, -0.2) is 9.67 Å². The summed E-state index contributed by atoms with van der Waals surface area (Å²) in [5.41, 5.74) is 2.21. The molecule has 0 saturated heterocycles. The highest BCUT2D eigenvalue weighted by molar-refractivity contribution is 7.15. The van der Waals surface area contributed by atoms with Gasteiger partial charge in [0.05, 0.1) is 17.9 Å². The molecule has 0 aliphatic rings.